The smallest absolute Gasteiger partial charge is 0.368 e. The predicted octanol–water partition coefficient (Wildman–Crippen LogP) is 1.29. The van der Waals surface area contributed by atoms with Gasteiger partial charge < -0.3 is 5.73 Å². The largest absolute Gasteiger partial charge is 0.460 e. The van der Waals surface area contributed by atoms with Gasteiger partial charge in [0.05, 0.1) is 0 Å². The van der Waals surface area contributed by atoms with E-state index in [1.807, 2.05) is 5.10 Å². The van der Waals surface area contributed by atoms with Crippen LogP contribution in [0.2, 0.25) is 0 Å². The second-order valence-corrected chi connectivity index (χ2v) is 3.87. The zero-order valence-corrected chi connectivity index (χ0v) is 9.55. The van der Waals surface area contributed by atoms with Gasteiger partial charge in [-0.2, -0.15) is 40.2 Å². The number of anilines is 1. The fourth-order valence-electron chi connectivity index (χ4n) is 1.40. The summed E-state index contributed by atoms with van der Waals surface area (Å²) >= 11 is 0. The fraction of sp³-hybridized carbons (Fsp3) is 0.375. The third-order valence-electron chi connectivity index (χ3n) is 2.42. The van der Waals surface area contributed by atoms with Crippen LogP contribution in [-0.2, 0) is 5.92 Å². The van der Waals surface area contributed by atoms with E-state index in [-0.39, 0.29) is 6.07 Å². The molecule has 116 valence electrons. The van der Waals surface area contributed by atoms with Crippen molar-refractivity contribution in [3.05, 3.63) is 22.1 Å². The summed E-state index contributed by atoms with van der Waals surface area (Å²) in [6, 6.07) is -0.162. The highest BCUT2D eigenvalue weighted by molar-refractivity contribution is 5.35. The van der Waals surface area contributed by atoms with Gasteiger partial charge in [0.2, 0.25) is 5.95 Å². The lowest BCUT2D eigenvalue weighted by Gasteiger charge is -2.27. The molecule has 0 aliphatic carbocycles. The molecule has 0 aliphatic rings. The predicted molar refractivity (Wildman–Crippen MR) is 52.9 cm³/mol. The normalized spacial score (nSPS) is 13.9. The Kier molecular flexibility index (Phi) is 2.93. The maximum absolute atomic E-state index is 13.4. The van der Waals surface area contributed by atoms with Crippen LogP contribution in [0.4, 0.5) is 36.7 Å². The number of hydrogen-bond donors (Lipinski definition) is 2. The van der Waals surface area contributed by atoms with E-state index in [9.17, 15) is 35.5 Å². The minimum atomic E-state index is -6.53. The van der Waals surface area contributed by atoms with Crippen molar-refractivity contribution in [2.24, 2.45) is 0 Å². The summed E-state index contributed by atoms with van der Waals surface area (Å²) in [5.41, 5.74) is 1.65. The van der Waals surface area contributed by atoms with E-state index >= 15 is 0 Å². The number of fused-ring (bicyclic) bond motifs is 1. The molecule has 13 heteroatoms. The maximum Gasteiger partial charge on any atom is 0.460 e. The molecular formula is C8H4F7N5O. The molecule has 0 saturated heterocycles. The Bertz CT molecular complexity index is 746. The molecule has 0 amide bonds. The highest BCUT2D eigenvalue weighted by Gasteiger charge is 2.74. The number of nitrogen functional groups attached to an aromatic ring is 1. The van der Waals surface area contributed by atoms with Gasteiger partial charge in [0.1, 0.15) is 5.69 Å². The Morgan fingerprint density at radius 3 is 2.19 bits per heavy atom. The first-order valence-electron chi connectivity index (χ1n) is 4.96. The standard InChI is InChI=1S/C8H4F7N5O/c9-6(10,7(11,12)8(13,14)15)2-1-3(21)20-5(17-2)18-4(16)19-20/h1H,(H3,16,17,18,19). The van der Waals surface area contributed by atoms with Crippen LogP contribution in [0.1, 0.15) is 5.69 Å². The number of halogens is 7. The van der Waals surface area contributed by atoms with Crippen LogP contribution in [0.3, 0.4) is 0 Å². The van der Waals surface area contributed by atoms with E-state index in [1.165, 1.54) is 0 Å². The summed E-state index contributed by atoms with van der Waals surface area (Å²) in [4.78, 5) is 17.4. The molecule has 6 nitrogen and oxygen atoms in total. The van der Waals surface area contributed by atoms with Gasteiger partial charge >= 0.3 is 18.0 Å². The van der Waals surface area contributed by atoms with Gasteiger partial charge in [-0.15, -0.1) is 0 Å². The van der Waals surface area contributed by atoms with Gasteiger partial charge in [-0.25, -0.2) is 4.98 Å². The summed E-state index contributed by atoms with van der Waals surface area (Å²) in [6.45, 7) is 0. The van der Waals surface area contributed by atoms with Crippen LogP contribution >= 0.6 is 0 Å². The van der Waals surface area contributed by atoms with Crippen LogP contribution in [0.15, 0.2) is 10.9 Å². The molecule has 3 N–H and O–H groups in total. The number of nitrogens with two attached hydrogens (primary N) is 1. The molecule has 0 saturated carbocycles. The second kappa shape index (κ2) is 4.08. The van der Waals surface area contributed by atoms with Gasteiger partial charge in [0.25, 0.3) is 11.3 Å². The lowest BCUT2D eigenvalue weighted by Crippen LogP contribution is -2.50. The van der Waals surface area contributed by atoms with Crippen molar-refractivity contribution >= 4 is 11.7 Å². The molecule has 0 fully saturated rings. The van der Waals surface area contributed by atoms with Crippen LogP contribution in [0, 0.1) is 0 Å². The Hall–Kier alpha value is -2.34. The van der Waals surface area contributed by atoms with E-state index < -0.39 is 41.0 Å². The number of H-pyrrole nitrogens is 1. The maximum atomic E-state index is 13.4. The first-order valence-corrected chi connectivity index (χ1v) is 4.96. The average Bonchev–Trinajstić information content (AvgIpc) is 2.68. The van der Waals surface area contributed by atoms with Crippen molar-refractivity contribution in [2.45, 2.75) is 18.0 Å². The summed E-state index contributed by atoms with van der Waals surface area (Å²) in [5, 5.41) is 2.03. The van der Waals surface area contributed by atoms with E-state index in [4.69, 9.17) is 5.73 Å². The average molecular weight is 319 g/mol. The highest BCUT2D eigenvalue weighted by atomic mass is 19.4. The van der Waals surface area contributed by atoms with Crippen LogP contribution in [0.25, 0.3) is 5.78 Å². The molecule has 21 heavy (non-hydrogen) atoms. The second-order valence-electron chi connectivity index (χ2n) is 3.87. The Morgan fingerprint density at radius 1 is 1.10 bits per heavy atom. The highest BCUT2D eigenvalue weighted by Crippen LogP contribution is 2.51. The number of aromatic amines is 1. The van der Waals surface area contributed by atoms with E-state index in [1.54, 1.807) is 0 Å². The Balaban J connectivity index is 2.68. The van der Waals surface area contributed by atoms with Gasteiger partial charge in [0, 0.05) is 6.07 Å². The Morgan fingerprint density at radius 2 is 1.67 bits per heavy atom. The lowest BCUT2D eigenvalue weighted by atomic mass is 10.1. The van der Waals surface area contributed by atoms with Gasteiger partial charge in [-0.1, -0.05) is 0 Å². The molecule has 0 unspecified atom stereocenters. The van der Waals surface area contributed by atoms with Gasteiger partial charge in [-0.3, -0.25) is 9.89 Å². The topological polar surface area (TPSA) is 89.1 Å². The zero-order valence-electron chi connectivity index (χ0n) is 9.55. The minimum Gasteiger partial charge on any atom is -0.368 e. The monoisotopic (exact) mass is 319 g/mol. The molecule has 0 bridgehead atoms. The molecule has 0 aromatic carbocycles. The number of hydrogen-bond acceptors (Lipinski definition) is 4. The molecule has 0 aliphatic heterocycles. The number of nitrogens with one attached hydrogen (secondary N) is 1. The van der Waals surface area contributed by atoms with Gasteiger partial charge in [-0.05, 0) is 0 Å². The van der Waals surface area contributed by atoms with Crippen molar-refractivity contribution in [3.8, 4) is 0 Å². The minimum absolute atomic E-state index is 0.162. The molecule has 0 atom stereocenters. The summed E-state index contributed by atoms with van der Waals surface area (Å²) in [5.74, 6) is -13.5. The van der Waals surface area contributed by atoms with E-state index in [2.05, 4.69) is 9.97 Å². The number of aromatic nitrogens is 4. The van der Waals surface area contributed by atoms with Crippen molar-refractivity contribution in [3.63, 3.8) is 0 Å². The third-order valence-corrected chi connectivity index (χ3v) is 2.42. The molecule has 2 heterocycles. The Labute approximate surface area is 109 Å². The van der Waals surface area contributed by atoms with Crippen LogP contribution in [0.5, 0.6) is 0 Å². The number of nitrogens with zero attached hydrogens (tertiary/aromatic N) is 3. The van der Waals surface area contributed by atoms with Crippen molar-refractivity contribution in [2.75, 3.05) is 5.73 Å². The SMILES string of the molecule is Nc1nc2nc(C(F)(F)C(F)(F)C(F)(F)F)cc(=O)n2[nH]1. The van der Waals surface area contributed by atoms with Crippen molar-refractivity contribution in [1.29, 1.82) is 0 Å². The van der Waals surface area contributed by atoms with Crippen LogP contribution < -0.4 is 11.3 Å². The molecule has 2 rings (SSSR count). The van der Waals surface area contributed by atoms with Gasteiger partial charge in [0.15, 0.2) is 0 Å². The summed E-state index contributed by atoms with van der Waals surface area (Å²) in [7, 11) is 0. The van der Waals surface area contributed by atoms with Crippen molar-refractivity contribution in [1.82, 2.24) is 19.6 Å². The van der Waals surface area contributed by atoms with E-state index in [0.29, 0.717) is 4.52 Å². The van der Waals surface area contributed by atoms with Crippen molar-refractivity contribution < 1.29 is 30.7 Å². The quantitative estimate of drug-likeness (QED) is 0.816. The van der Waals surface area contributed by atoms with E-state index in [0.717, 1.165) is 0 Å². The lowest BCUT2D eigenvalue weighted by molar-refractivity contribution is -0.360. The molecular weight excluding hydrogens is 315 g/mol. The summed E-state index contributed by atoms with van der Waals surface area (Å²) in [6.07, 6.45) is -6.53. The fourth-order valence-corrected chi connectivity index (χ4v) is 1.40. The first-order chi connectivity index (χ1) is 9.38. The zero-order chi connectivity index (χ0) is 16.2. The van der Waals surface area contributed by atoms with Crippen LogP contribution in [-0.4, -0.2) is 31.7 Å². The third kappa shape index (κ3) is 2.08. The summed E-state index contributed by atoms with van der Waals surface area (Å²) < 4.78 is 89.1. The molecule has 0 radical (unpaired) electrons. The number of alkyl halides is 7. The molecule has 0 spiro atoms. The first kappa shape index (κ1) is 15.1. The molecule has 2 aromatic heterocycles. The molecule has 2 aromatic rings. The number of rotatable bonds is 2.